The molecule has 1 saturated carbocycles. The van der Waals surface area contributed by atoms with E-state index >= 15 is 0 Å². The minimum atomic E-state index is -3.14. The highest BCUT2D eigenvalue weighted by atomic mass is 16.7. The summed E-state index contributed by atoms with van der Waals surface area (Å²) < 4.78 is 15.7. The first-order chi connectivity index (χ1) is 23.5. The number of esters is 3. The van der Waals surface area contributed by atoms with E-state index in [2.05, 4.69) is 0 Å². The fourth-order valence-corrected chi connectivity index (χ4v) is 4.73. The Labute approximate surface area is 281 Å². The largest absolute Gasteiger partial charge is 0.504 e. The first kappa shape index (κ1) is 36.3. The zero-order valence-corrected chi connectivity index (χ0v) is 25.6. The molecule has 4 rings (SSSR count). The summed E-state index contributed by atoms with van der Waals surface area (Å²) in [4.78, 5) is 50.9. The zero-order valence-electron chi connectivity index (χ0n) is 25.6. The number of phenolic OH excluding ortho intramolecular Hbond substituents is 6. The van der Waals surface area contributed by atoms with Crippen LogP contribution in [-0.2, 0) is 33.4 Å². The Morgan fingerprint density at radius 1 is 0.560 bits per heavy atom. The maximum Gasteiger partial charge on any atom is 0.335 e. The Balaban J connectivity index is 1.67. The maximum atomic E-state index is 13.0. The molecule has 3 aromatic carbocycles. The predicted molar refractivity (Wildman–Crippen MR) is 169 cm³/mol. The van der Waals surface area contributed by atoms with Crippen LogP contribution >= 0.6 is 0 Å². The number of ether oxygens (including phenoxy) is 3. The van der Waals surface area contributed by atoms with E-state index < -0.39 is 94.8 Å². The van der Waals surface area contributed by atoms with Gasteiger partial charge in [-0.15, -0.1) is 0 Å². The smallest absolute Gasteiger partial charge is 0.335 e. The van der Waals surface area contributed by atoms with E-state index in [4.69, 9.17) is 14.2 Å². The third-order valence-corrected chi connectivity index (χ3v) is 7.38. The number of aliphatic hydroxyl groups is 2. The quantitative estimate of drug-likeness (QED) is 0.0482. The van der Waals surface area contributed by atoms with Crippen molar-refractivity contribution in [2.75, 3.05) is 0 Å². The number of carboxylic acid groups (broad SMARTS) is 1. The van der Waals surface area contributed by atoms with Gasteiger partial charge < -0.3 is 60.2 Å². The monoisotopic (exact) mass is 694 g/mol. The molecule has 3 aromatic rings. The number of carbonyl (C=O) groups excluding carboxylic acids is 3. The molecule has 16 nitrogen and oxygen atoms in total. The second-order valence-corrected chi connectivity index (χ2v) is 11.0. The molecule has 0 spiro atoms. The van der Waals surface area contributed by atoms with Gasteiger partial charge in [-0.1, -0.05) is 18.2 Å². The molecule has 0 saturated heterocycles. The highest BCUT2D eigenvalue weighted by Crippen LogP contribution is 2.41. The Morgan fingerprint density at radius 2 is 0.900 bits per heavy atom. The highest BCUT2D eigenvalue weighted by molar-refractivity contribution is 5.90. The Hall–Kier alpha value is -6.52. The van der Waals surface area contributed by atoms with Gasteiger partial charge in [-0.25, -0.2) is 19.2 Å². The molecule has 1 aliphatic rings. The van der Waals surface area contributed by atoms with Crippen molar-refractivity contribution in [3.8, 4) is 34.5 Å². The molecule has 50 heavy (non-hydrogen) atoms. The van der Waals surface area contributed by atoms with E-state index in [0.717, 1.165) is 72.9 Å². The second-order valence-electron chi connectivity index (χ2n) is 11.0. The average Bonchev–Trinajstić information content (AvgIpc) is 3.05. The number of hydrogen-bond donors (Lipinski definition) is 9. The maximum absolute atomic E-state index is 13.0. The lowest BCUT2D eigenvalue weighted by Crippen LogP contribution is -2.67. The number of aliphatic carboxylic acids is 1. The lowest BCUT2D eigenvalue weighted by Gasteiger charge is -2.46. The summed E-state index contributed by atoms with van der Waals surface area (Å²) in [6.45, 7) is 0. The lowest BCUT2D eigenvalue weighted by atomic mass is 9.77. The molecule has 0 aliphatic heterocycles. The minimum absolute atomic E-state index is 0.176. The third kappa shape index (κ3) is 8.68. The third-order valence-electron chi connectivity index (χ3n) is 7.38. The number of carboxylic acids is 1. The van der Waals surface area contributed by atoms with Crippen LogP contribution in [0, 0.1) is 0 Å². The first-order valence-electron chi connectivity index (χ1n) is 14.4. The van der Waals surface area contributed by atoms with Crippen LogP contribution in [0.3, 0.4) is 0 Å². The molecule has 9 N–H and O–H groups in total. The van der Waals surface area contributed by atoms with E-state index in [-0.39, 0.29) is 16.7 Å². The molecule has 0 unspecified atom stereocenters. The van der Waals surface area contributed by atoms with Gasteiger partial charge in [0, 0.05) is 31.1 Å². The van der Waals surface area contributed by atoms with E-state index in [1.165, 1.54) is 18.2 Å². The van der Waals surface area contributed by atoms with Gasteiger partial charge in [0.1, 0.15) is 0 Å². The van der Waals surface area contributed by atoms with Crippen LogP contribution in [0.1, 0.15) is 29.5 Å². The van der Waals surface area contributed by atoms with Crippen molar-refractivity contribution in [3.63, 3.8) is 0 Å². The Bertz CT molecular complexity index is 1810. The molecule has 0 amide bonds. The van der Waals surface area contributed by atoms with E-state index in [9.17, 15) is 65.1 Å². The molecule has 16 heteroatoms. The van der Waals surface area contributed by atoms with Crippen molar-refractivity contribution in [2.45, 2.75) is 36.4 Å². The van der Waals surface area contributed by atoms with Crippen LogP contribution in [0.4, 0.5) is 0 Å². The number of aromatic hydroxyl groups is 6. The van der Waals surface area contributed by atoms with Gasteiger partial charge >= 0.3 is 23.9 Å². The van der Waals surface area contributed by atoms with Crippen molar-refractivity contribution < 1.29 is 79.3 Å². The number of phenols is 6. The standard InChI is InChI=1S/C34H30O16/c35-21-7-1-18(13-24(21)38)4-10-29(41)48-27-16-33(46,32(44)45)17-28(49-30(42)11-5-19-2-8-22(36)25(39)14-19)34(27,47)50-31(43)12-6-20-3-9-23(37)26(40)15-20/h1-15,27-28,35-40,46-47H,16-17H2,(H,44,45)/b10-4+,11-5+,12-6+/t27-,28-,33?,34?/m1/s1. The molecule has 0 heterocycles. The molecular weight excluding hydrogens is 664 g/mol. The van der Waals surface area contributed by atoms with Crippen molar-refractivity contribution >= 4 is 42.1 Å². The number of rotatable bonds is 10. The van der Waals surface area contributed by atoms with Crippen LogP contribution in [-0.4, -0.2) is 93.4 Å². The summed E-state index contributed by atoms with van der Waals surface area (Å²) in [5, 5.41) is 90.2. The fraction of sp³-hybridized carbons (Fsp3) is 0.176. The van der Waals surface area contributed by atoms with Crippen molar-refractivity contribution in [1.82, 2.24) is 0 Å². The first-order valence-corrected chi connectivity index (χ1v) is 14.4. The molecule has 2 atom stereocenters. The van der Waals surface area contributed by atoms with Gasteiger partial charge in [-0.2, -0.15) is 0 Å². The zero-order chi connectivity index (χ0) is 36.8. The minimum Gasteiger partial charge on any atom is -0.504 e. The van der Waals surface area contributed by atoms with Gasteiger partial charge in [-0.05, 0) is 71.3 Å². The molecule has 1 fully saturated rings. The molecule has 0 radical (unpaired) electrons. The average molecular weight is 695 g/mol. The molecule has 262 valence electrons. The number of carbonyl (C=O) groups is 4. The molecule has 0 aromatic heterocycles. The van der Waals surface area contributed by atoms with E-state index in [0.29, 0.717) is 0 Å². The summed E-state index contributed by atoms with van der Waals surface area (Å²) in [5.41, 5.74) is -2.26. The number of benzene rings is 3. The van der Waals surface area contributed by atoms with E-state index in [1.807, 2.05) is 0 Å². The molecule has 1 aliphatic carbocycles. The van der Waals surface area contributed by atoms with Crippen LogP contribution in [0.25, 0.3) is 18.2 Å². The van der Waals surface area contributed by atoms with Crippen LogP contribution < -0.4 is 0 Å². The second kappa shape index (κ2) is 14.7. The molecule has 0 bridgehead atoms. The summed E-state index contributed by atoms with van der Waals surface area (Å²) in [6, 6.07) is 10.5. The SMILES string of the molecule is O=C(/C=C/c1ccc(O)c(O)c1)O[C@@H]1CC(O)(C(=O)O)C[C@@H](OC(=O)/C=C/c2ccc(O)c(O)c2)C1(O)OC(=O)/C=C/c1ccc(O)c(O)c1. The van der Waals surface area contributed by atoms with Crippen molar-refractivity contribution in [2.24, 2.45) is 0 Å². The van der Waals surface area contributed by atoms with Crippen LogP contribution in [0.5, 0.6) is 34.5 Å². The van der Waals surface area contributed by atoms with Gasteiger partial charge in [0.2, 0.25) is 0 Å². The van der Waals surface area contributed by atoms with Crippen LogP contribution in [0.15, 0.2) is 72.8 Å². The lowest BCUT2D eigenvalue weighted by molar-refractivity contribution is -0.316. The summed E-state index contributed by atoms with van der Waals surface area (Å²) >= 11 is 0. The topological polar surface area (TPSA) is 278 Å². The van der Waals surface area contributed by atoms with Crippen molar-refractivity contribution in [3.05, 3.63) is 89.5 Å². The molecular formula is C34H30O16. The highest BCUT2D eigenvalue weighted by Gasteiger charge is 2.63. The van der Waals surface area contributed by atoms with Gasteiger partial charge in [0.15, 0.2) is 52.3 Å². The van der Waals surface area contributed by atoms with Gasteiger partial charge in [0.05, 0.1) is 0 Å². The van der Waals surface area contributed by atoms with Gasteiger partial charge in [-0.3, -0.25) is 0 Å². The summed E-state index contributed by atoms with van der Waals surface area (Å²) in [5.74, 6) is -11.8. The van der Waals surface area contributed by atoms with Crippen molar-refractivity contribution in [1.29, 1.82) is 0 Å². The summed E-state index contributed by atoms with van der Waals surface area (Å²) in [7, 11) is 0. The van der Waals surface area contributed by atoms with Gasteiger partial charge in [0.25, 0.3) is 5.79 Å². The fourth-order valence-electron chi connectivity index (χ4n) is 4.73. The summed E-state index contributed by atoms with van der Waals surface area (Å²) in [6.07, 6.45) is -0.941. The normalized spacial score (nSPS) is 22.0. The Morgan fingerprint density at radius 3 is 1.22 bits per heavy atom. The predicted octanol–water partition coefficient (Wildman–Crippen LogP) is 2.03. The van der Waals surface area contributed by atoms with Crippen LogP contribution in [0.2, 0.25) is 0 Å². The van der Waals surface area contributed by atoms with E-state index in [1.54, 1.807) is 0 Å². The number of hydrogen-bond acceptors (Lipinski definition) is 15. The Kier molecular flexibility index (Phi) is 10.7.